The van der Waals surface area contributed by atoms with Gasteiger partial charge in [-0.05, 0) is 24.3 Å². The molecule has 1 N–H and O–H groups in total. The van der Waals surface area contributed by atoms with Crippen molar-refractivity contribution in [2.24, 2.45) is 0 Å². The summed E-state index contributed by atoms with van der Waals surface area (Å²) in [6.45, 7) is 2.26. The van der Waals surface area contributed by atoms with E-state index in [1.54, 1.807) is 17.6 Å². The van der Waals surface area contributed by atoms with Crippen LogP contribution in [0.5, 0.6) is 0 Å². The van der Waals surface area contributed by atoms with E-state index in [1.165, 1.54) is 24.5 Å². The van der Waals surface area contributed by atoms with E-state index in [9.17, 15) is 14.9 Å². The Morgan fingerprint density at radius 2 is 1.97 bits per heavy atom. The Morgan fingerprint density at radius 1 is 1.17 bits per heavy atom. The predicted octanol–water partition coefficient (Wildman–Crippen LogP) is 4.63. The highest BCUT2D eigenvalue weighted by molar-refractivity contribution is 7.07. The molecule has 0 atom stereocenters. The van der Waals surface area contributed by atoms with Gasteiger partial charge in [0.05, 0.1) is 53.3 Å². The van der Waals surface area contributed by atoms with Crippen molar-refractivity contribution in [3.05, 3.63) is 69.0 Å². The third-order valence-corrected chi connectivity index (χ3v) is 6.33. The number of nitrogens with zero attached hydrogens (tertiary/aromatic N) is 4. The summed E-state index contributed by atoms with van der Waals surface area (Å²) in [5.74, 6) is -0.780. The van der Waals surface area contributed by atoms with Crippen LogP contribution in [0.15, 0.2) is 53.4 Å². The number of fused-ring (bicyclic) bond motifs is 1. The van der Waals surface area contributed by atoms with Crippen LogP contribution < -0.4 is 10.2 Å². The minimum Gasteiger partial charge on any atom is -0.465 e. The van der Waals surface area contributed by atoms with Gasteiger partial charge in [-0.3, -0.25) is 10.1 Å². The molecule has 2 aromatic heterocycles. The fourth-order valence-electron chi connectivity index (χ4n) is 4.08. The summed E-state index contributed by atoms with van der Waals surface area (Å²) < 4.78 is 10.3. The smallest absolute Gasteiger partial charge is 0.345 e. The van der Waals surface area contributed by atoms with E-state index in [4.69, 9.17) is 14.5 Å². The molecule has 3 heterocycles. The number of hydrogen-bond donors (Lipinski definition) is 1. The number of methoxy groups -OCH3 is 1. The number of morpholine rings is 1. The first-order valence-electron chi connectivity index (χ1n) is 10.8. The molecule has 1 fully saturated rings. The number of nitro benzene ring substituents is 1. The molecule has 0 bridgehead atoms. The van der Waals surface area contributed by atoms with Crippen molar-refractivity contribution in [3.8, 4) is 11.4 Å². The first-order chi connectivity index (χ1) is 17.0. The van der Waals surface area contributed by atoms with Crippen molar-refractivity contribution < 1.29 is 19.2 Å². The van der Waals surface area contributed by atoms with Crippen LogP contribution in [0.1, 0.15) is 10.4 Å². The van der Waals surface area contributed by atoms with E-state index >= 15 is 0 Å². The highest BCUT2D eigenvalue weighted by Gasteiger charge is 2.29. The van der Waals surface area contributed by atoms with Gasteiger partial charge in [0.2, 0.25) is 0 Å². The Labute approximate surface area is 204 Å². The summed E-state index contributed by atoms with van der Waals surface area (Å²) in [5, 5.41) is 18.0. The molecule has 4 aromatic rings. The molecule has 0 saturated carbocycles. The number of thiazole rings is 1. The molecule has 0 aliphatic carbocycles. The number of hydrogen-bond acceptors (Lipinski definition) is 10. The van der Waals surface area contributed by atoms with Gasteiger partial charge in [0.1, 0.15) is 11.3 Å². The second-order valence-corrected chi connectivity index (χ2v) is 8.53. The van der Waals surface area contributed by atoms with Gasteiger partial charge in [-0.15, -0.1) is 11.3 Å². The molecule has 0 unspecified atom stereocenters. The van der Waals surface area contributed by atoms with E-state index in [0.29, 0.717) is 54.6 Å². The summed E-state index contributed by atoms with van der Waals surface area (Å²) in [6.07, 6.45) is 0. The average molecular weight is 492 g/mol. The van der Waals surface area contributed by atoms with Gasteiger partial charge >= 0.3 is 11.7 Å². The summed E-state index contributed by atoms with van der Waals surface area (Å²) in [6, 6.07) is 12.5. The van der Waals surface area contributed by atoms with Crippen molar-refractivity contribution >= 4 is 51.0 Å². The van der Waals surface area contributed by atoms with Crippen molar-refractivity contribution in [1.82, 2.24) is 9.97 Å². The number of para-hydroxylation sites is 1. The Morgan fingerprint density at radius 3 is 2.69 bits per heavy atom. The quantitative estimate of drug-likeness (QED) is 0.234. The minimum absolute atomic E-state index is 0.123. The molecule has 0 amide bonds. The van der Waals surface area contributed by atoms with Crippen molar-refractivity contribution in [3.63, 3.8) is 0 Å². The van der Waals surface area contributed by atoms with Gasteiger partial charge in [0, 0.05) is 29.5 Å². The molecular formula is C24H21N5O5S. The lowest BCUT2D eigenvalue weighted by atomic mass is 10.1. The molecule has 2 aromatic carbocycles. The van der Waals surface area contributed by atoms with E-state index in [1.807, 2.05) is 34.5 Å². The van der Waals surface area contributed by atoms with Gasteiger partial charge in [0.25, 0.3) is 0 Å². The predicted molar refractivity (Wildman–Crippen MR) is 134 cm³/mol. The van der Waals surface area contributed by atoms with Crippen LogP contribution in [-0.4, -0.2) is 54.3 Å². The first kappa shape index (κ1) is 22.7. The van der Waals surface area contributed by atoms with Crippen molar-refractivity contribution in [2.75, 3.05) is 43.6 Å². The lowest BCUT2D eigenvalue weighted by Gasteiger charge is -2.29. The number of benzene rings is 2. The Bertz CT molecular complexity index is 1400. The summed E-state index contributed by atoms with van der Waals surface area (Å²) in [5.41, 5.74) is 4.74. The van der Waals surface area contributed by atoms with Crippen LogP contribution >= 0.6 is 11.3 Å². The van der Waals surface area contributed by atoms with Crippen molar-refractivity contribution in [1.29, 1.82) is 0 Å². The van der Waals surface area contributed by atoms with Gasteiger partial charge in [-0.2, -0.15) is 0 Å². The van der Waals surface area contributed by atoms with Crippen LogP contribution in [0, 0.1) is 10.1 Å². The highest BCUT2D eigenvalue weighted by atomic mass is 32.1. The van der Waals surface area contributed by atoms with Crippen LogP contribution in [0.4, 0.5) is 22.7 Å². The number of carbonyl (C=O) groups excluding carboxylic acids is 1. The third-order valence-electron chi connectivity index (χ3n) is 5.74. The van der Waals surface area contributed by atoms with E-state index in [2.05, 4.69) is 10.3 Å². The standard InChI is InChI=1S/C24H21N5O5S/c1-33-24(30)17-10-15(28-6-8-34-9-7-28)11-21(23(17)29(31)32)27-19-12-20(22-13-35-14-25-22)26-18-5-3-2-4-16(18)19/h2-5,10-14H,6-9H2,1H3,(H,26,27). The lowest BCUT2D eigenvalue weighted by Crippen LogP contribution is -2.36. The number of aromatic nitrogens is 2. The maximum atomic E-state index is 12.6. The number of nitrogens with one attached hydrogen (secondary N) is 1. The SMILES string of the molecule is COC(=O)c1cc(N2CCOCC2)cc(Nc2cc(-c3cscn3)nc3ccccc23)c1[N+](=O)[O-]. The maximum absolute atomic E-state index is 12.6. The zero-order valence-electron chi connectivity index (χ0n) is 18.8. The van der Waals surface area contributed by atoms with Gasteiger partial charge in [-0.1, -0.05) is 18.2 Å². The largest absolute Gasteiger partial charge is 0.465 e. The Balaban J connectivity index is 1.69. The van der Waals surface area contributed by atoms with E-state index in [-0.39, 0.29) is 16.9 Å². The number of carbonyl (C=O) groups is 1. The van der Waals surface area contributed by atoms with Gasteiger partial charge in [0.15, 0.2) is 0 Å². The lowest BCUT2D eigenvalue weighted by molar-refractivity contribution is -0.384. The number of anilines is 3. The fourth-order valence-corrected chi connectivity index (χ4v) is 4.62. The average Bonchev–Trinajstić information content (AvgIpc) is 3.43. The zero-order chi connectivity index (χ0) is 24.4. The van der Waals surface area contributed by atoms with Crippen LogP contribution in [0.3, 0.4) is 0 Å². The fraction of sp³-hybridized carbons (Fsp3) is 0.208. The molecule has 5 rings (SSSR count). The maximum Gasteiger partial charge on any atom is 0.345 e. The van der Waals surface area contributed by atoms with E-state index < -0.39 is 10.9 Å². The summed E-state index contributed by atoms with van der Waals surface area (Å²) in [7, 11) is 1.21. The zero-order valence-corrected chi connectivity index (χ0v) is 19.6. The Kier molecular flexibility index (Phi) is 6.25. The molecular weight excluding hydrogens is 470 g/mol. The number of pyridine rings is 1. The summed E-state index contributed by atoms with van der Waals surface area (Å²) >= 11 is 1.45. The minimum atomic E-state index is -0.780. The molecule has 0 spiro atoms. The molecule has 1 aliphatic rings. The second-order valence-electron chi connectivity index (χ2n) is 7.81. The van der Waals surface area contributed by atoms with Crippen molar-refractivity contribution in [2.45, 2.75) is 0 Å². The highest BCUT2D eigenvalue weighted by Crippen LogP contribution is 2.39. The number of ether oxygens (including phenoxy) is 2. The van der Waals surface area contributed by atoms with Gasteiger partial charge in [-0.25, -0.2) is 14.8 Å². The van der Waals surface area contributed by atoms with Crippen LogP contribution in [0.25, 0.3) is 22.3 Å². The normalized spacial score (nSPS) is 13.6. The molecule has 10 nitrogen and oxygen atoms in total. The molecule has 1 saturated heterocycles. The first-order valence-corrected chi connectivity index (χ1v) is 11.8. The number of nitro groups is 1. The van der Waals surface area contributed by atoms with Gasteiger partial charge < -0.3 is 19.7 Å². The number of rotatable bonds is 6. The van der Waals surface area contributed by atoms with Crippen LogP contribution in [0.2, 0.25) is 0 Å². The molecule has 11 heteroatoms. The van der Waals surface area contributed by atoms with Crippen LogP contribution in [-0.2, 0) is 9.47 Å². The number of esters is 1. The molecule has 0 radical (unpaired) electrons. The topological polar surface area (TPSA) is 120 Å². The molecule has 178 valence electrons. The second kappa shape index (κ2) is 9.65. The molecule has 35 heavy (non-hydrogen) atoms. The third kappa shape index (κ3) is 4.51. The Hall–Kier alpha value is -4.09. The monoisotopic (exact) mass is 491 g/mol. The molecule has 1 aliphatic heterocycles. The van der Waals surface area contributed by atoms with E-state index in [0.717, 1.165) is 5.39 Å². The summed E-state index contributed by atoms with van der Waals surface area (Å²) in [4.78, 5) is 35.3.